The lowest BCUT2D eigenvalue weighted by Gasteiger charge is -2.07. The molecule has 0 unspecified atom stereocenters. The Bertz CT molecular complexity index is 730. The second kappa shape index (κ2) is 6.87. The lowest BCUT2D eigenvalue weighted by atomic mass is 10.3. The number of carbonyl (C=O) groups is 1. The van der Waals surface area contributed by atoms with Crippen molar-refractivity contribution in [1.82, 2.24) is 0 Å². The molecule has 2 aromatic carbocycles. The summed E-state index contributed by atoms with van der Waals surface area (Å²) in [5, 5.41) is 2.68. The Labute approximate surface area is 132 Å². The summed E-state index contributed by atoms with van der Waals surface area (Å²) in [5.74, 6) is -0.547. The van der Waals surface area contributed by atoms with Gasteiger partial charge in [-0.1, -0.05) is 30.3 Å². The van der Waals surface area contributed by atoms with E-state index in [1.807, 2.05) is 6.07 Å². The molecule has 0 fully saturated rings. The Morgan fingerprint density at radius 3 is 2.29 bits per heavy atom. The number of rotatable bonds is 5. The van der Waals surface area contributed by atoms with Gasteiger partial charge in [0, 0.05) is 10.9 Å². The van der Waals surface area contributed by atoms with Crippen LogP contribution in [0.4, 0.5) is 5.69 Å². The molecule has 1 N–H and O–H groups in total. The van der Waals surface area contributed by atoms with Gasteiger partial charge in [-0.15, -0.1) is 0 Å². The highest BCUT2D eigenvalue weighted by atomic mass is 79.9. The van der Waals surface area contributed by atoms with Crippen LogP contribution in [0, 0.1) is 0 Å². The second-order valence-electron chi connectivity index (χ2n) is 4.41. The van der Waals surface area contributed by atoms with Crippen LogP contribution in [0.1, 0.15) is 6.42 Å². The molecule has 2 rings (SSSR count). The number of hydrogen-bond donors (Lipinski definition) is 1. The maximum absolute atomic E-state index is 12.1. The summed E-state index contributed by atoms with van der Waals surface area (Å²) in [5.41, 5.74) is 0.625. The van der Waals surface area contributed by atoms with E-state index < -0.39 is 9.84 Å². The smallest absolute Gasteiger partial charge is 0.225 e. The van der Waals surface area contributed by atoms with Crippen molar-refractivity contribution in [2.24, 2.45) is 0 Å². The highest BCUT2D eigenvalue weighted by Crippen LogP contribution is 2.21. The fourth-order valence-electron chi connectivity index (χ4n) is 1.75. The van der Waals surface area contributed by atoms with Gasteiger partial charge in [0.05, 0.1) is 16.3 Å². The fraction of sp³-hybridized carbons (Fsp3) is 0.133. The van der Waals surface area contributed by atoms with Gasteiger partial charge >= 0.3 is 0 Å². The molecule has 0 aliphatic heterocycles. The van der Waals surface area contributed by atoms with Crippen LogP contribution in [0.5, 0.6) is 0 Å². The maximum Gasteiger partial charge on any atom is 0.225 e. The van der Waals surface area contributed by atoms with Gasteiger partial charge in [-0.05, 0) is 40.2 Å². The van der Waals surface area contributed by atoms with Crippen LogP contribution in [0.2, 0.25) is 0 Å². The monoisotopic (exact) mass is 367 g/mol. The van der Waals surface area contributed by atoms with Crippen molar-refractivity contribution >= 4 is 37.4 Å². The average molecular weight is 368 g/mol. The summed E-state index contributed by atoms with van der Waals surface area (Å²) < 4.78 is 24.9. The first-order valence-corrected chi connectivity index (χ1v) is 8.76. The first kappa shape index (κ1) is 15.7. The minimum absolute atomic E-state index is 0.0848. The van der Waals surface area contributed by atoms with Crippen molar-refractivity contribution in [3.05, 3.63) is 59.1 Å². The molecule has 0 radical (unpaired) electrons. The molecule has 0 saturated carbocycles. The molecule has 0 aliphatic rings. The van der Waals surface area contributed by atoms with Crippen LogP contribution >= 0.6 is 15.9 Å². The molecule has 21 heavy (non-hydrogen) atoms. The Morgan fingerprint density at radius 2 is 1.62 bits per heavy atom. The highest BCUT2D eigenvalue weighted by Gasteiger charge is 2.16. The Kier molecular flexibility index (Phi) is 5.14. The lowest BCUT2D eigenvalue weighted by Crippen LogP contribution is -2.17. The topological polar surface area (TPSA) is 63.2 Å². The fourth-order valence-corrected chi connectivity index (χ4v) is 3.39. The van der Waals surface area contributed by atoms with Crippen LogP contribution in [-0.4, -0.2) is 20.1 Å². The van der Waals surface area contributed by atoms with Crippen LogP contribution in [0.25, 0.3) is 0 Å². The predicted molar refractivity (Wildman–Crippen MR) is 85.9 cm³/mol. The first-order chi connectivity index (χ1) is 9.99. The Morgan fingerprint density at radius 1 is 1.00 bits per heavy atom. The van der Waals surface area contributed by atoms with Gasteiger partial charge in [-0.3, -0.25) is 4.79 Å². The molecule has 2 aromatic rings. The van der Waals surface area contributed by atoms with E-state index in [4.69, 9.17) is 0 Å². The minimum atomic E-state index is -3.43. The third-order valence-electron chi connectivity index (χ3n) is 2.85. The van der Waals surface area contributed by atoms with Crippen molar-refractivity contribution in [1.29, 1.82) is 0 Å². The van der Waals surface area contributed by atoms with Crippen LogP contribution in [-0.2, 0) is 14.6 Å². The lowest BCUT2D eigenvalue weighted by molar-refractivity contribution is -0.115. The van der Waals surface area contributed by atoms with Crippen molar-refractivity contribution in [3.63, 3.8) is 0 Å². The number of benzene rings is 2. The largest absolute Gasteiger partial charge is 0.325 e. The van der Waals surface area contributed by atoms with E-state index in [0.717, 1.165) is 4.47 Å². The molecule has 0 aromatic heterocycles. The van der Waals surface area contributed by atoms with E-state index in [0.29, 0.717) is 5.69 Å². The summed E-state index contributed by atoms with van der Waals surface area (Å²) in [6.07, 6.45) is -0.0848. The Balaban J connectivity index is 1.97. The SMILES string of the molecule is O=C(CCS(=O)(=O)c1ccccc1)Nc1ccccc1Br. The van der Waals surface area contributed by atoms with Crippen molar-refractivity contribution < 1.29 is 13.2 Å². The quantitative estimate of drug-likeness (QED) is 0.881. The normalized spacial score (nSPS) is 11.1. The van der Waals surface area contributed by atoms with E-state index in [2.05, 4.69) is 21.2 Å². The summed E-state index contributed by atoms with van der Waals surface area (Å²) in [4.78, 5) is 12.1. The molecule has 6 heteroatoms. The maximum atomic E-state index is 12.1. The van der Waals surface area contributed by atoms with E-state index >= 15 is 0 Å². The number of halogens is 1. The Hall–Kier alpha value is -1.66. The zero-order valence-corrected chi connectivity index (χ0v) is 13.5. The molecule has 0 aliphatic carbocycles. The van der Waals surface area contributed by atoms with Gasteiger partial charge in [0.15, 0.2) is 9.84 Å². The van der Waals surface area contributed by atoms with Gasteiger partial charge in [0.1, 0.15) is 0 Å². The van der Waals surface area contributed by atoms with E-state index in [1.54, 1.807) is 36.4 Å². The van der Waals surface area contributed by atoms with Crippen LogP contribution in [0.3, 0.4) is 0 Å². The van der Waals surface area contributed by atoms with Gasteiger partial charge in [-0.25, -0.2) is 8.42 Å². The van der Waals surface area contributed by atoms with Crippen molar-refractivity contribution in [2.45, 2.75) is 11.3 Å². The number of para-hydroxylation sites is 1. The van der Waals surface area contributed by atoms with Gasteiger partial charge in [0.25, 0.3) is 0 Å². The predicted octanol–water partition coefficient (Wildman–Crippen LogP) is 3.25. The molecular formula is C15H14BrNO3S. The average Bonchev–Trinajstić information content (AvgIpc) is 2.49. The van der Waals surface area contributed by atoms with Gasteiger partial charge < -0.3 is 5.32 Å². The summed E-state index contributed by atoms with van der Waals surface area (Å²) in [6, 6.07) is 15.3. The zero-order chi connectivity index (χ0) is 15.3. The van der Waals surface area contributed by atoms with Crippen LogP contribution in [0.15, 0.2) is 64.0 Å². The van der Waals surface area contributed by atoms with Crippen molar-refractivity contribution in [3.8, 4) is 0 Å². The van der Waals surface area contributed by atoms with Gasteiger partial charge in [-0.2, -0.15) is 0 Å². The number of sulfone groups is 1. The third kappa shape index (κ3) is 4.41. The van der Waals surface area contributed by atoms with E-state index in [1.165, 1.54) is 12.1 Å². The van der Waals surface area contributed by atoms with Gasteiger partial charge in [0.2, 0.25) is 5.91 Å². The highest BCUT2D eigenvalue weighted by molar-refractivity contribution is 9.10. The molecule has 0 heterocycles. The summed E-state index contributed by atoms with van der Waals surface area (Å²) in [7, 11) is -3.43. The van der Waals surface area contributed by atoms with E-state index in [-0.39, 0.29) is 23.0 Å². The molecule has 0 saturated heterocycles. The molecular weight excluding hydrogens is 354 g/mol. The molecule has 110 valence electrons. The molecule has 4 nitrogen and oxygen atoms in total. The minimum Gasteiger partial charge on any atom is -0.325 e. The standard InChI is InChI=1S/C15H14BrNO3S/c16-13-8-4-5-9-14(13)17-15(18)10-11-21(19,20)12-6-2-1-3-7-12/h1-9H,10-11H2,(H,17,18). The number of carbonyl (C=O) groups excluding carboxylic acids is 1. The molecule has 0 spiro atoms. The number of hydrogen-bond acceptors (Lipinski definition) is 3. The molecule has 1 amide bonds. The number of amides is 1. The van der Waals surface area contributed by atoms with Crippen molar-refractivity contribution in [2.75, 3.05) is 11.1 Å². The zero-order valence-electron chi connectivity index (χ0n) is 11.1. The molecule has 0 bridgehead atoms. The summed E-state index contributed by atoms with van der Waals surface area (Å²) >= 11 is 3.32. The number of anilines is 1. The number of nitrogens with one attached hydrogen (secondary N) is 1. The molecule has 0 atom stereocenters. The second-order valence-corrected chi connectivity index (χ2v) is 7.37. The first-order valence-electron chi connectivity index (χ1n) is 6.31. The van der Waals surface area contributed by atoms with E-state index in [9.17, 15) is 13.2 Å². The third-order valence-corrected chi connectivity index (χ3v) is 5.27. The summed E-state index contributed by atoms with van der Waals surface area (Å²) in [6.45, 7) is 0. The van der Waals surface area contributed by atoms with Crippen LogP contribution < -0.4 is 5.32 Å².